The minimum absolute atomic E-state index is 0.137. The molecule has 96 valence electrons. The standard InChI is InChI=1S/C14H23NO2/c1-3-6-15(7-4-2)8-5-12-9-13(16)11-14(17)10-12/h9-11,16-17H,3-8H2,1-2H3. The van der Waals surface area contributed by atoms with Crippen molar-refractivity contribution < 1.29 is 10.2 Å². The smallest absolute Gasteiger partial charge is 0.119 e. The number of hydrogen-bond acceptors (Lipinski definition) is 3. The SMILES string of the molecule is CCCN(CCC)CCc1cc(O)cc(O)c1. The lowest BCUT2D eigenvalue weighted by Crippen LogP contribution is -2.27. The molecule has 1 rings (SSSR count). The molecule has 1 aromatic carbocycles. The third kappa shape index (κ3) is 5.09. The van der Waals surface area contributed by atoms with Gasteiger partial charge < -0.3 is 15.1 Å². The van der Waals surface area contributed by atoms with Gasteiger partial charge in [0.2, 0.25) is 0 Å². The maximum absolute atomic E-state index is 9.39. The van der Waals surface area contributed by atoms with Crippen LogP contribution in [0.15, 0.2) is 18.2 Å². The summed E-state index contributed by atoms with van der Waals surface area (Å²) in [5, 5.41) is 18.8. The van der Waals surface area contributed by atoms with E-state index in [0.29, 0.717) is 0 Å². The molecule has 0 saturated carbocycles. The number of benzene rings is 1. The summed E-state index contributed by atoms with van der Waals surface area (Å²) in [4.78, 5) is 2.42. The average molecular weight is 237 g/mol. The predicted molar refractivity (Wildman–Crippen MR) is 70.5 cm³/mol. The first-order valence-electron chi connectivity index (χ1n) is 6.40. The van der Waals surface area contributed by atoms with Crippen molar-refractivity contribution in [1.82, 2.24) is 4.90 Å². The fraction of sp³-hybridized carbons (Fsp3) is 0.571. The highest BCUT2D eigenvalue weighted by Crippen LogP contribution is 2.20. The second-order valence-corrected chi connectivity index (χ2v) is 4.45. The van der Waals surface area contributed by atoms with Crippen LogP contribution in [0.3, 0.4) is 0 Å². The molecule has 0 fully saturated rings. The highest BCUT2D eigenvalue weighted by atomic mass is 16.3. The van der Waals surface area contributed by atoms with Gasteiger partial charge in [-0.2, -0.15) is 0 Å². The summed E-state index contributed by atoms with van der Waals surface area (Å²) in [7, 11) is 0. The summed E-state index contributed by atoms with van der Waals surface area (Å²) in [5.41, 5.74) is 0.986. The molecule has 17 heavy (non-hydrogen) atoms. The lowest BCUT2D eigenvalue weighted by Gasteiger charge is -2.20. The van der Waals surface area contributed by atoms with E-state index in [1.54, 1.807) is 12.1 Å². The van der Waals surface area contributed by atoms with Crippen LogP contribution >= 0.6 is 0 Å². The monoisotopic (exact) mass is 237 g/mol. The van der Waals surface area contributed by atoms with E-state index in [9.17, 15) is 10.2 Å². The minimum atomic E-state index is 0.137. The number of nitrogens with zero attached hydrogens (tertiary/aromatic N) is 1. The van der Waals surface area contributed by atoms with Crippen molar-refractivity contribution in [3.05, 3.63) is 23.8 Å². The molecule has 0 aromatic heterocycles. The van der Waals surface area contributed by atoms with Crippen LogP contribution < -0.4 is 0 Å². The van der Waals surface area contributed by atoms with E-state index in [4.69, 9.17) is 0 Å². The van der Waals surface area contributed by atoms with Gasteiger partial charge in [0.05, 0.1) is 0 Å². The molecule has 0 radical (unpaired) electrons. The van der Waals surface area contributed by atoms with Gasteiger partial charge in [-0.3, -0.25) is 0 Å². The largest absolute Gasteiger partial charge is 0.508 e. The van der Waals surface area contributed by atoms with E-state index in [2.05, 4.69) is 18.7 Å². The van der Waals surface area contributed by atoms with E-state index in [-0.39, 0.29) is 11.5 Å². The van der Waals surface area contributed by atoms with Gasteiger partial charge in [-0.1, -0.05) is 13.8 Å². The Balaban J connectivity index is 2.52. The Hall–Kier alpha value is -1.22. The second-order valence-electron chi connectivity index (χ2n) is 4.45. The Kier molecular flexibility index (Phi) is 5.84. The van der Waals surface area contributed by atoms with Gasteiger partial charge >= 0.3 is 0 Å². The Morgan fingerprint density at radius 1 is 0.882 bits per heavy atom. The van der Waals surface area contributed by atoms with Gasteiger partial charge in [-0.15, -0.1) is 0 Å². The Morgan fingerprint density at radius 2 is 1.41 bits per heavy atom. The van der Waals surface area contributed by atoms with E-state index < -0.39 is 0 Å². The van der Waals surface area contributed by atoms with Crippen molar-refractivity contribution in [1.29, 1.82) is 0 Å². The molecule has 2 N–H and O–H groups in total. The molecule has 0 spiro atoms. The van der Waals surface area contributed by atoms with Crippen LogP contribution in [0.4, 0.5) is 0 Å². The highest BCUT2D eigenvalue weighted by Gasteiger charge is 2.04. The molecule has 0 amide bonds. The van der Waals surface area contributed by atoms with Crippen LogP contribution in [0.2, 0.25) is 0 Å². The van der Waals surface area contributed by atoms with Gasteiger partial charge in [0, 0.05) is 12.6 Å². The van der Waals surface area contributed by atoms with Crippen molar-refractivity contribution in [2.45, 2.75) is 33.1 Å². The zero-order valence-electron chi connectivity index (χ0n) is 10.8. The van der Waals surface area contributed by atoms with E-state index in [0.717, 1.165) is 44.5 Å². The van der Waals surface area contributed by atoms with Crippen LogP contribution in [-0.4, -0.2) is 34.7 Å². The second kappa shape index (κ2) is 7.17. The van der Waals surface area contributed by atoms with Crippen molar-refractivity contribution in [2.24, 2.45) is 0 Å². The quantitative estimate of drug-likeness (QED) is 0.766. The molecular formula is C14H23NO2. The molecule has 0 aliphatic heterocycles. The zero-order chi connectivity index (χ0) is 12.7. The summed E-state index contributed by atoms with van der Waals surface area (Å²) < 4.78 is 0. The van der Waals surface area contributed by atoms with Crippen LogP contribution in [0.25, 0.3) is 0 Å². The molecule has 3 nitrogen and oxygen atoms in total. The first-order valence-corrected chi connectivity index (χ1v) is 6.40. The van der Waals surface area contributed by atoms with Gasteiger partial charge in [0.25, 0.3) is 0 Å². The van der Waals surface area contributed by atoms with E-state index >= 15 is 0 Å². The Bertz CT molecular complexity index is 313. The lowest BCUT2D eigenvalue weighted by atomic mass is 10.1. The molecular weight excluding hydrogens is 214 g/mol. The number of rotatable bonds is 7. The van der Waals surface area contributed by atoms with Crippen molar-refractivity contribution in [3.63, 3.8) is 0 Å². The number of phenols is 2. The first kappa shape index (κ1) is 13.8. The zero-order valence-corrected chi connectivity index (χ0v) is 10.8. The van der Waals surface area contributed by atoms with Crippen molar-refractivity contribution in [2.75, 3.05) is 19.6 Å². The van der Waals surface area contributed by atoms with Crippen LogP contribution in [-0.2, 0) is 6.42 Å². The van der Waals surface area contributed by atoms with Crippen LogP contribution in [0.5, 0.6) is 11.5 Å². The third-order valence-corrected chi connectivity index (χ3v) is 2.76. The summed E-state index contributed by atoms with van der Waals surface area (Å²) in [6.45, 7) is 7.56. The maximum Gasteiger partial charge on any atom is 0.119 e. The molecule has 3 heteroatoms. The minimum Gasteiger partial charge on any atom is -0.508 e. The lowest BCUT2D eigenvalue weighted by molar-refractivity contribution is 0.278. The highest BCUT2D eigenvalue weighted by molar-refractivity contribution is 5.36. The summed E-state index contributed by atoms with van der Waals surface area (Å²) in [5.74, 6) is 0.273. The topological polar surface area (TPSA) is 43.7 Å². The van der Waals surface area contributed by atoms with Crippen LogP contribution in [0, 0.1) is 0 Å². The number of phenolic OH excluding ortho intramolecular Hbond substituents is 2. The van der Waals surface area contributed by atoms with E-state index in [1.807, 2.05) is 0 Å². The molecule has 0 bridgehead atoms. The van der Waals surface area contributed by atoms with Gasteiger partial charge in [0.1, 0.15) is 11.5 Å². The molecule has 0 heterocycles. The van der Waals surface area contributed by atoms with Crippen molar-refractivity contribution >= 4 is 0 Å². The summed E-state index contributed by atoms with van der Waals surface area (Å²) in [6.07, 6.45) is 3.18. The molecule has 0 atom stereocenters. The summed E-state index contributed by atoms with van der Waals surface area (Å²) in [6, 6.07) is 4.80. The molecule has 0 unspecified atom stereocenters. The normalized spacial score (nSPS) is 11.0. The summed E-state index contributed by atoms with van der Waals surface area (Å²) >= 11 is 0. The van der Waals surface area contributed by atoms with Crippen LogP contribution in [0.1, 0.15) is 32.3 Å². The molecule has 0 aliphatic rings. The van der Waals surface area contributed by atoms with Gasteiger partial charge in [-0.25, -0.2) is 0 Å². The van der Waals surface area contributed by atoms with E-state index in [1.165, 1.54) is 6.07 Å². The first-order chi connectivity index (χ1) is 8.15. The number of hydrogen-bond donors (Lipinski definition) is 2. The Morgan fingerprint density at radius 3 is 1.88 bits per heavy atom. The number of aromatic hydroxyl groups is 2. The fourth-order valence-electron chi connectivity index (χ4n) is 2.06. The average Bonchev–Trinajstić information content (AvgIpc) is 2.25. The maximum atomic E-state index is 9.39. The van der Waals surface area contributed by atoms with Gasteiger partial charge in [0.15, 0.2) is 0 Å². The third-order valence-electron chi connectivity index (χ3n) is 2.76. The predicted octanol–water partition coefficient (Wildman–Crippen LogP) is 2.76. The van der Waals surface area contributed by atoms with Crippen molar-refractivity contribution in [3.8, 4) is 11.5 Å². The Labute approximate surface area is 104 Å². The molecule has 1 aromatic rings. The molecule has 0 saturated heterocycles. The molecule has 0 aliphatic carbocycles. The fourth-order valence-corrected chi connectivity index (χ4v) is 2.06. The van der Waals surface area contributed by atoms with Gasteiger partial charge in [-0.05, 0) is 50.0 Å².